The van der Waals surface area contributed by atoms with Crippen LogP contribution in [0.15, 0.2) is 29.3 Å². The molecule has 4 nitrogen and oxygen atoms in total. The maximum Gasteiger partial charge on any atom is 0.189 e. The molecule has 0 amide bonds. The molecule has 1 aromatic rings. The predicted octanol–water partition coefficient (Wildman–Crippen LogP) is 1.36. The minimum absolute atomic E-state index is 0.192. The number of ether oxygens (including phenoxy) is 1. The van der Waals surface area contributed by atoms with E-state index >= 15 is 0 Å². The normalized spacial score (nSPS) is 29.2. The van der Waals surface area contributed by atoms with Gasteiger partial charge in [0.05, 0.1) is 12.1 Å². The Kier molecular flexibility index (Phi) is 1.94. The van der Waals surface area contributed by atoms with Crippen molar-refractivity contribution in [1.29, 1.82) is 0 Å². The molecule has 17 heavy (non-hydrogen) atoms. The van der Waals surface area contributed by atoms with E-state index in [9.17, 15) is 0 Å². The summed E-state index contributed by atoms with van der Waals surface area (Å²) in [6.07, 6.45) is 0.862. The summed E-state index contributed by atoms with van der Waals surface area (Å²) in [5.41, 5.74) is 6.54. The van der Waals surface area contributed by atoms with Gasteiger partial charge in [0, 0.05) is 12.0 Å². The summed E-state index contributed by atoms with van der Waals surface area (Å²) < 4.78 is 6.01. The summed E-state index contributed by atoms with van der Waals surface area (Å²) >= 11 is 0. The van der Waals surface area contributed by atoms with Gasteiger partial charge in [-0.3, -0.25) is 4.99 Å². The Morgan fingerprint density at radius 2 is 2.12 bits per heavy atom. The van der Waals surface area contributed by atoms with Crippen molar-refractivity contribution < 1.29 is 4.74 Å². The van der Waals surface area contributed by atoms with Crippen LogP contribution in [0.5, 0.6) is 5.75 Å². The van der Waals surface area contributed by atoms with Gasteiger partial charge < -0.3 is 15.8 Å². The van der Waals surface area contributed by atoms with Gasteiger partial charge in [-0.15, -0.1) is 0 Å². The lowest BCUT2D eigenvalue weighted by molar-refractivity contribution is 0.0440. The van der Waals surface area contributed by atoms with Gasteiger partial charge in [-0.25, -0.2) is 0 Å². The van der Waals surface area contributed by atoms with Crippen LogP contribution < -0.4 is 15.8 Å². The van der Waals surface area contributed by atoms with Gasteiger partial charge in [0.15, 0.2) is 5.96 Å². The Labute approximate surface area is 101 Å². The molecule has 0 aromatic heterocycles. The minimum atomic E-state index is -0.207. The van der Waals surface area contributed by atoms with E-state index in [2.05, 4.69) is 30.2 Å². The first kappa shape index (κ1) is 10.4. The zero-order chi connectivity index (χ0) is 12.1. The van der Waals surface area contributed by atoms with Crippen LogP contribution in [-0.4, -0.2) is 18.1 Å². The summed E-state index contributed by atoms with van der Waals surface area (Å²) in [4.78, 5) is 4.31. The second-order valence-electron chi connectivity index (χ2n) is 5.44. The lowest BCUT2D eigenvalue weighted by atomic mass is 9.78. The number of nitrogens with two attached hydrogens (primary N) is 1. The number of hydrogen-bond acceptors (Lipinski definition) is 4. The molecule has 0 saturated heterocycles. The molecule has 1 aromatic carbocycles. The first-order valence-electron chi connectivity index (χ1n) is 5.87. The Morgan fingerprint density at radius 1 is 1.35 bits per heavy atom. The first-order chi connectivity index (χ1) is 8.01. The third kappa shape index (κ3) is 1.55. The molecule has 4 heteroatoms. The highest BCUT2D eigenvalue weighted by molar-refractivity contribution is 5.81. The average Bonchev–Trinajstić information content (AvgIpc) is 2.59. The highest BCUT2D eigenvalue weighted by Crippen LogP contribution is 2.44. The van der Waals surface area contributed by atoms with Crippen molar-refractivity contribution in [2.45, 2.75) is 31.4 Å². The van der Waals surface area contributed by atoms with Gasteiger partial charge in [0.1, 0.15) is 11.4 Å². The number of benzene rings is 1. The van der Waals surface area contributed by atoms with E-state index in [4.69, 9.17) is 10.5 Å². The van der Waals surface area contributed by atoms with Crippen molar-refractivity contribution in [2.24, 2.45) is 10.7 Å². The Bertz CT molecular complexity index is 495. The van der Waals surface area contributed by atoms with Gasteiger partial charge in [-0.1, -0.05) is 18.2 Å². The van der Waals surface area contributed by atoms with E-state index < -0.39 is 0 Å². The average molecular weight is 231 g/mol. The van der Waals surface area contributed by atoms with Crippen LogP contribution in [0.3, 0.4) is 0 Å². The SMILES string of the molecule is CC1(C)CC2(CN=C(N)N2)c2ccccc2O1. The van der Waals surface area contributed by atoms with E-state index in [0.717, 1.165) is 17.7 Å². The van der Waals surface area contributed by atoms with Crippen LogP contribution >= 0.6 is 0 Å². The van der Waals surface area contributed by atoms with Crippen molar-refractivity contribution in [3.8, 4) is 5.75 Å². The lowest BCUT2D eigenvalue weighted by Gasteiger charge is -2.43. The zero-order valence-electron chi connectivity index (χ0n) is 10.2. The molecule has 0 aliphatic carbocycles. The number of aliphatic imine (C=N–C) groups is 1. The van der Waals surface area contributed by atoms with Gasteiger partial charge in [0.25, 0.3) is 0 Å². The Hall–Kier alpha value is -1.71. The van der Waals surface area contributed by atoms with E-state index in [1.165, 1.54) is 0 Å². The predicted molar refractivity (Wildman–Crippen MR) is 67.1 cm³/mol. The maximum atomic E-state index is 6.01. The third-order valence-corrected chi connectivity index (χ3v) is 3.40. The number of nitrogens with zero attached hydrogens (tertiary/aromatic N) is 1. The zero-order valence-corrected chi connectivity index (χ0v) is 10.2. The summed E-state index contributed by atoms with van der Waals surface area (Å²) in [5, 5.41) is 3.33. The molecule has 2 heterocycles. The second kappa shape index (κ2) is 3.15. The molecule has 2 aliphatic heterocycles. The number of fused-ring (bicyclic) bond motifs is 2. The van der Waals surface area contributed by atoms with Crippen LogP contribution in [-0.2, 0) is 5.54 Å². The Morgan fingerprint density at radius 3 is 2.82 bits per heavy atom. The van der Waals surface area contributed by atoms with Crippen LogP contribution in [0.1, 0.15) is 25.8 Å². The fourth-order valence-corrected chi connectivity index (χ4v) is 2.90. The maximum absolute atomic E-state index is 6.01. The number of nitrogens with one attached hydrogen (secondary N) is 1. The first-order valence-corrected chi connectivity index (χ1v) is 5.87. The summed E-state index contributed by atoms with van der Waals surface area (Å²) in [6, 6.07) is 8.12. The Balaban J connectivity index is 2.11. The van der Waals surface area contributed by atoms with Gasteiger partial charge >= 0.3 is 0 Å². The molecule has 1 unspecified atom stereocenters. The van der Waals surface area contributed by atoms with Crippen molar-refractivity contribution >= 4 is 5.96 Å². The molecule has 90 valence electrons. The molecule has 0 bridgehead atoms. The topological polar surface area (TPSA) is 59.6 Å². The molecule has 2 aliphatic rings. The van der Waals surface area contributed by atoms with Gasteiger partial charge in [-0.2, -0.15) is 0 Å². The van der Waals surface area contributed by atoms with Crippen molar-refractivity contribution in [2.75, 3.05) is 6.54 Å². The van der Waals surface area contributed by atoms with Crippen molar-refractivity contribution in [3.05, 3.63) is 29.8 Å². The summed E-state index contributed by atoms with van der Waals surface area (Å²) in [7, 11) is 0. The molecule has 1 atom stereocenters. The smallest absolute Gasteiger partial charge is 0.189 e. The van der Waals surface area contributed by atoms with Gasteiger partial charge in [0.2, 0.25) is 0 Å². The molecular formula is C13H17N3O. The highest BCUT2D eigenvalue weighted by Gasteiger charge is 2.47. The summed E-state index contributed by atoms with van der Waals surface area (Å²) in [6.45, 7) is 4.88. The number of rotatable bonds is 0. The minimum Gasteiger partial charge on any atom is -0.487 e. The van der Waals surface area contributed by atoms with E-state index in [-0.39, 0.29) is 11.1 Å². The molecule has 3 N–H and O–H groups in total. The quantitative estimate of drug-likeness (QED) is 0.708. The fourth-order valence-electron chi connectivity index (χ4n) is 2.90. The highest BCUT2D eigenvalue weighted by atomic mass is 16.5. The van der Waals surface area contributed by atoms with Crippen molar-refractivity contribution in [1.82, 2.24) is 5.32 Å². The fraction of sp³-hybridized carbons (Fsp3) is 0.462. The number of hydrogen-bond donors (Lipinski definition) is 2. The summed E-state index contributed by atoms with van der Waals surface area (Å²) in [5.74, 6) is 1.46. The second-order valence-corrected chi connectivity index (χ2v) is 5.44. The van der Waals surface area contributed by atoms with Crippen LogP contribution in [0, 0.1) is 0 Å². The molecule has 0 fully saturated rings. The molecule has 3 rings (SSSR count). The standard InChI is InChI=1S/C13H17N3O/c1-12(2)7-13(8-15-11(14)16-13)9-5-3-4-6-10(9)17-12/h3-6H,7-8H2,1-2H3,(H3,14,15,16). The molecular weight excluding hydrogens is 214 g/mol. The molecule has 0 saturated carbocycles. The van der Waals surface area contributed by atoms with Gasteiger partial charge in [-0.05, 0) is 19.9 Å². The monoisotopic (exact) mass is 231 g/mol. The van der Waals surface area contributed by atoms with E-state index in [1.54, 1.807) is 0 Å². The molecule has 0 radical (unpaired) electrons. The number of guanidine groups is 1. The van der Waals surface area contributed by atoms with Crippen LogP contribution in [0.25, 0.3) is 0 Å². The number of para-hydroxylation sites is 1. The van der Waals surface area contributed by atoms with Crippen LogP contribution in [0.2, 0.25) is 0 Å². The third-order valence-electron chi connectivity index (χ3n) is 3.40. The van der Waals surface area contributed by atoms with Crippen molar-refractivity contribution in [3.63, 3.8) is 0 Å². The largest absolute Gasteiger partial charge is 0.487 e. The van der Waals surface area contributed by atoms with E-state index in [1.807, 2.05) is 18.2 Å². The van der Waals surface area contributed by atoms with E-state index in [0.29, 0.717) is 12.5 Å². The lowest BCUT2D eigenvalue weighted by Crippen LogP contribution is -2.53. The molecule has 1 spiro atoms. The van der Waals surface area contributed by atoms with Crippen LogP contribution in [0.4, 0.5) is 0 Å².